The summed E-state index contributed by atoms with van der Waals surface area (Å²) in [7, 11) is 0. The Morgan fingerprint density at radius 2 is 1.81 bits per heavy atom. The van der Waals surface area contributed by atoms with E-state index in [0.29, 0.717) is 37.5 Å². The monoisotopic (exact) mass is 224 g/mol. The predicted octanol–water partition coefficient (Wildman–Crippen LogP) is 0.971. The summed E-state index contributed by atoms with van der Waals surface area (Å²) in [6.07, 6.45) is 3.44. The minimum atomic E-state index is -1.19. The molecule has 0 amide bonds. The molecule has 4 aliphatic rings. The van der Waals surface area contributed by atoms with Crippen molar-refractivity contribution in [2.45, 2.75) is 44.1 Å². The van der Waals surface area contributed by atoms with E-state index in [1.54, 1.807) is 0 Å². The first-order valence-corrected chi connectivity index (χ1v) is 5.93. The SMILES string of the molecule is O=C(O)CC12C[C@H]3C[C@@H](CC(O)(C3)C1=O)C2. The fourth-order valence-electron chi connectivity index (χ4n) is 4.55. The van der Waals surface area contributed by atoms with Crippen molar-refractivity contribution in [3.05, 3.63) is 0 Å². The minimum absolute atomic E-state index is 0.0961. The minimum Gasteiger partial charge on any atom is -0.481 e. The molecule has 0 aliphatic heterocycles. The Morgan fingerprint density at radius 1 is 1.25 bits per heavy atom. The lowest BCUT2D eigenvalue weighted by Crippen LogP contribution is -2.63. The highest BCUT2D eigenvalue weighted by atomic mass is 16.4. The normalized spacial score (nSPS) is 49.7. The van der Waals surface area contributed by atoms with Gasteiger partial charge in [-0.1, -0.05) is 0 Å². The van der Waals surface area contributed by atoms with Crippen LogP contribution in [0.5, 0.6) is 0 Å². The molecule has 4 saturated carbocycles. The maximum atomic E-state index is 12.2. The van der Waals surface area contributed by atoms with Crippen molar-refractivity contribution in [3.63, 3.8) is 0 Å². The van der Waals surface area contributed by atoms with Crippen LogP contribution < -0.4 is 0 Å². The summed E-state index contributed by atoms with van der Waals surface area (Å²) in [6, 6.07) is 0. The Morgan fingerprint density at radius 3 is 2.31 bits per heavy atom. The molecule has 88 valence electrons. The van der Waals surface area contributed by atoms with Crippen molar-refractivity contribution in [3.8, 4) is 0 Å². The van der Waals surface area contributed by atoms with E-state index in [-0.39, 0.29) is 12.2 Å². The fraction of sp³-hybridized carbons (Fsp3) is 0.833. The van der Waals surface area contributed by atoms with Gasteiger partial charge < -0.3 is 10.2 Å². The molecule has 16 heavy (non-hydrogen) atoms. The van der Waals surface area contributed by atoms with Crippen LogP contribution >= 0.6 is 0 Å². The van der Waals surface area contributed by atoms with Gasteiger partial charge in [-0.05, 0) is 43.9 Å². The molecule has 2 N–H and O–H groups in total. The number of carbonyl (C=O) groups is 2. The number of aliphatic hydroxyl groups is 1. The number of hydrogen-bond acceptors (Lipinski definition) is 3. The van der Waals surface area contributed by atoms with Gasteiger partial charge in [-0.25, -0.2) is 0 Å². The van der Waals surface area contributed by atoms with Gasteiger partial charge in [0.05, 0.1) is 6.42 Å². The number of ketones is 1. The van der Waals surface area contributed by atoms with Gasteiger partial charge in [0, 0.05) is 5.41 Å². The van der Waals surface area contributed by atoms with Gasteiger partial charge in [-0.2, -0.15) is 0 Å². The van der Waals surface area contributed by atoms with Crippen LogP contribution in [0, 0.1) is 17.3 Å². The average molecular weight is 224 g/mol. The Labute approximate surface area is 93.6 Å². The molecule has 0 saturated heterocycles. The molecule has 4 bridgehead atoms. The van der Waals surface area contributed by atoms with Crippen LogP contribution in [-0.4, -0.2) is 27.6 Å². The largest absolute Gasteiger partial charge is 0.481 e. The number of Topliss-reactive ketones (excluding diaryl/α,β-unsaturated/α-hetero) is 1. The van der Waals surface area contributed by atoms with Gasteiger partial charge in [0.25, 0.3) is 0 Å². The zero-order valence-corrected chi connectivity index (χ0v) is 9.11. The maximum Gasteiger partial charge on any atom is 0.304 e. The van der Waals surface area contributed by atoms with Crippen LogP contribution in [0.3, 0.4) is 0 Å². The third-order valence-electron chi connectivity index (χ3n) is 4.67. The third kappa shape index (κ3) is 1.19. The molecule has 0 aromatic heterocycles. The zero-order valence-electron chi connectivity index (χ0n) is 9.11. The van der Waals surface area contributed by atoms with Gasteiger partial charge in [-0.15, -0.1) is 0 Å². The third-order valence-corrected chi connectivity index (χ3v) is 4.67. The zero-order chi connectivity index (χ0) is 11.6. The number of aliphatic carboxylic acids is 1. The van der Waals surface area contributed by atoms with Crippen molar-refractivity contribution in [1.82, 2.24) is 0 Å². The molecular weight excluding hydrogens is 208 g/mol. The number of carbonyl (C=O) groups excluding carboxylic acids is 1. The summed E-state index contributed by atoms with van der Waals surface area (Å²) < 4.78 is 0. The van der Waals surface area contributed by atoms with Gasteiger partial charge in [0.15, 0.2) is 5.78 Å². The summed E-state index contributed by atoms with van der Waals surface area (Å²) >= 11 is 0. The predicted molar refractivity (Wildman–Crippen MR) is 54.7 cm³/mol. The van der Waals surface area contributed by atoms with Gasteiger partial charge in [0.1, 0.15) is 5.60 Å². The van der Waals surface area contributed by atoms with E-state index in [1.165, 1.54) is 0 Å². The van der Waals surface area contributed by atoms with E-state index in [9.17, 15) is 14.7 Å². The Kier molecular flexibility index (Phi) is 1.83. The Balaban J connectivity index is 2.00. The second-order valence-electron chi connectivity index (χ2n) is 6.00. The molecule has 4 fully saturated rings. The molecule has 0 heterocycles. The van der Waals surface area contributed by atoms with Gasteiger partial charge >= 0.3 is 5.97 Å². The number of hydrogen-bond donors (Lipinski definition) is 2. The van der Waals surface area contributed by atoms with Crippen LogP contribution in [-0.2, 0) is 9.59 Å². The number of carboxylic acids is 1. The second kappa shape index (κ2) is 2.86. The van der Waals surface area contributed by atoms with Crippen molar-refractivity contribution in [1.29, 1.82) is 0 Å². The van der Waals surface area contributed by atoms with Crippen molar-refractivity contribution < 1.29 is 19.8 Å². The summed E-state index contributed by atoms with van der Waals surface area (Å²) in [5.41, 5.74) is -1.94. The first kappa shape index (κ1) is 10.3. The first-order valence-electron chi connectivity index (χ1n) is 5.93. The van der Waals surface area contributed by atoms with E-state index in [2.05, 4.69) is 0 Å². The molecule has 4 nitrogen and oxygen atoms in total. The standard InChI is InChI=1S/C12H16O4/c13-9(14)6-11-2-7-1-8(3-11)5-12(16,4-7)10(11)15/h7-8,16H,1-6H2,(H,13,14)/t7-,8-,11?,12?/m1/s1. The van der Waals surface area contributed by atoms with E-state index < -0.39 is 17.0 Å². The van der Waals surface area contributed by atoms with E-state index >= 15 is 0 Å². The maximum absolute atomic E-state index is 12.2. The highest BCUT2D eigenvalue weighted by molar-refractivity contribution is 5.96. The van der Waals surface area contributed by atoms with Crippen LogP contribution in [0.4, 0.5) is 0 Å². The van der Waals surface area contributed by atoms with Gasteiger partial charge in [-0.3, -0.25) is 9.59 Å². The Bertz CT molecular complexity index is 359. The summed E-state index contributed by atoms with van der Waals surface area (Å²) in [5.74, 6) is -0.391. The molecule has 4 aliphatic carbocycles. The molecule has 4 rings (SSSR count). The molecule has 0 aromatic carbocycles. The Hall–Kier alpha value is -0.900. The first-order chi connectivity index (χ1) is 7.43. The van der Waals surface area contributed by atoms with E-state index in [0.717, 1.165) is 6.42 Å². The summed E-state index contributed by atoms with van der Waals surface area (Å²) in [5, 5.41) is 19.2. The van der Waals surface area contributed by atoms with Crippen molar-refractivity contribution in [2.24, 2.45) is 17.3 Å². The van der Waals surface area contributed by atoms with E-state index in [1.807, 2.05) is 0 Å². The lowest BCUT2D eigenvalue weighted by molar-refractivity contribution is -0.187. The van der Waals surface area contributed by atoms with Crippen LogP contribution in [0.1, 0.15) is 38.5 Å². The summed E-state index contributed by atoms with van der Waals surface area (Å²) in [4.78, 5) is 23.1. The fourth-order valence-corrected chi connectivity index (χ4v) is 4.55. The van der Waals surface area contributed by atoms with Crippen molar-refractivity contribution >= 4 is 11.8 Å². The highest BCUT2D eigenvalue weighted by Gasteiger charge is 2.63. The molecule has 0 aromatic rings. The molecule has 0 spiro atoms. The van der Waals surface area contributed by atoms with Gasteiger partial charge in [0.2, 0.25) is 0 Å². The summed E-state index contributed by atoms with van der Waals surface area (Å²) in [6.45, 7) is 0. The van der Waals surface area contributed by atoms with Crippen LogP contribution in [0.2, 0.25) is 0 Å². The molecule has 0 unspecified atom stereocenters. The smallest absolute Gasteiger partial charge is 0.304 e. The molecule has 0 radical (unpaired) electrons. The van der Waals surface area contributed by atoms with Crippen molar-refractivity contribution in [2.75, 3.05) is 0 Å². The van der Waals surface area contributed by atoms with Crippen LogP contribution in [0.15, 0.2) is 0 Å². The van der Waals surface area contributed by atoms with E-state index in [4.69, 9.17) is 5.11 Å². The highest BCUT2D eigenvalue weighted by Crippen LogP contribution is 2.60. The number of carboxylic acid groups (broad SMARTS) is 1. The second-order valence-corrected chi connectivity index (χ2v) is 6.00. The lowest BCUT2D eigenvalue weighted by Gasteiger charge is -2.58. The quantitative estimate of drug-likeness (QED) is 0.733. The average Bonchev–Trinajstić information content (AvgIpc) is 2.11. The molecule has 2 atom stereocenters. The number of rotatable bonds is 2. The topological polar surface area (TPSA) is 74.6 Å². The lowest BCUT2D eigenvalue weighted by atomic mass is 9.46. The molecule has 4 heteroatoms. The molecular formula is C12H16O4. The van der Waals surface area contributed by atoms with Crippen LogP contribution in [0.25, 0.3) is 0 Å².